The fourth-order valence-electron chi connectivity index (χ4n) is 1.71. The molecule has 2 rings (SSSR count). The summed E-state index contributed by atoms with van der Waals surface area (Å²) in [5.74, 6) is 1.03. The average Bonchev–Trinajstić information content (AvgIpc) is 2.91. The minimum absolute atomic E-state index is 0.0337. The number of hydrogen-bond donors (Lipinski definition) is 2. The summed E-state index contributed by atoms with van der Waals surface area (Å²) in [7, 11) is 0. The first kappa shape index (κ1) is 13.2. The Labute approximate surface area is 111 Å². The maximum absolute atomic E-state index is 9.09. The highest BCUT2D eigenvalue weighted by atomic mass is 16.3. The minimum atomic E-state index is 0.0337. The van der Waals surface area contributed by atoms with Crippen LogP contribution in [-0.4, -0.2) is 49.3 Å². The van der Waals surface area contributed by atoms with Gasteiger partial charge in [0.1, 0.15) is 6.33 Å². The van der Waals surface area contributed by atoms with Gasteiger partial charge in [-0.2, -0.15) is 15.0 Å². The first-order valence-electron chi connectivity index (χ1n) is 6.10. The number of hydrogen-bond acceptors (Lipinski definition) is 7. The lowest BCUT2D eigenvalue weighted by Crippen LogP contribution is -2.30. The zero-order valence-corrected chi connectivity index (χ0v) is 10.8. The lowest BCUT2D eigenvalue weighted by molar-refractivity contribution is 0.301. The molecule has 0 aliphatic heterocycles. The molecule has 3 N–H and O–H groups in total. The summed E-state index contributed by atoms with van der Waals surface area (Å²) >= 11 is 0. The fraction of sp³-hybridized carbons (Fsp3) is 0.455. The zero-order valence-electron chi connectivity index (χ0n) is 10.8. The summed E-state index contributed by atoms with van der Waals surface area (Å²) in [6, 6.07) is 0. The van der Waals surface area contributed by atoms with Crippen molar-refractivity contribution >= 4 is 11.9 Å². The van der Waals surface area contributed by atoms with E-state index in [2.05, 4.69) is 19.9 Å². The quantitative estimate of drug-likeness (QED) is 0.746. The minimum Gasteiger partial charge on any atom is -0.395 e. The van der Waals surface area contributed by atoms with Gasteiger partial charge in [0.15, 0.2) is 0 Å². The van der Waals surface area contributed by atoms with Crippen LogP contribution in [0.1, 0.15) is 13.3 Å². The highest BCUT2D eigenvalue weighted by Gasteiger charge is 2.12. The van der Waals surface area contributed by atoms with E-state index in [9.17, 15) is 0 Å². The molecule has 0 spiro atoms. The fourth-order valence-corrected chi connectivity index (χ4v) is 1.71. The Bertz CT molecular complexity index is 508. The lowest BCUT2D eigenvalue weighted by Gasteiger charge is -2.21. The molecule has 2 heterocycles. The molecular weight excluding hydrogens is 246 g/mol. The van der Waals surface area contributed by atoms with Crippen LogP contribution in [-0.2, 0) is 0 Å². The molecule has 8 heteroatoms. The summed E-state index contributed by atoms with van der Waals surface area (Å²) in [5, 5.41) is 9.09. The third-order valence-corrected chi connectivity index (χ3v) is 2.51. The molecule has 102 valence electrons. The Balaban J connectivity index is 2.34. The largest absolute Gasteiger partial charge is 0.395 e. The average molecular weight is 263 g/mol. The Hall–Kier alpha value is -2.22. The van der Waals surface area contributed by atoms with Crippen LogP contribution in [0.4, 0.5) is 11.9 Å². The van der Waals surface area contributed by atoms with Crippen molar-refractivity contribution in [2.24, 2.45) is 0 Å². The highest BCUT2D eigenvalue weighted by Crippen LogP contribution is 2.11. The summed E-state index contributed by atoms with van der Waals surface area (Å²) in [4.78, 5) is 18.4. The topological polar surface area (TPSA) is 106 Å². The molecule has 0 amide bonds. The van der Waals surface area contributed by atoms with Crippen LogP contribution in [0.25, 0.3) is 5.95 Å². The van der Waals surface area contributed by atoms with Gasteiger partial charge in [-0.1, -0.05) is 6.92 Å². The number of rotatable bonds is 6. The maximum Gasteiger partial charge on any atom is 0.241 e. The smallest absolute Gasteiger partial charge is 0.241 e. The van der Waals surface area contributed by atoms with Crippen molar-refractivity contribution in [1.29, 1.82) is 0 Å². The van der Waals surface area contributed by atoms with Gasteiger partial charge in [-0.25, -0.2) is 4.98 Å². The second kappa shape index (κ2) is 6.10. The summed E-state index contributed by atoms with van der Waals surface area (Å²) < 4.78 is 1.66. The molecular formula is C11H17N7O. The van der Waals surface area contributed by atoms with Gasteiger partial charge in [-0.3, -0.25) is 4.57 Å². The van der Waals surface area contributed by atoms with Crippen LogP contribution in [0.2, 0.25) is 0 Å². The van der Waals surface area contributed by atoms with Crippen molar-refractivity contribution in [1.82, 2.24) is 24.5 Å². The molecule has 0 fully saturated rings. The monoisotopic (exact) mass is 263 g/mol. The van der Waals surface area contributed by atoms with Gasteiger partial charge in [0.25, 0.3) is 0 Å². The van der Waals surface area contributed by atoms with E-state index >= 15 is 0 Å². The van der Waals surface area contributed by atoms with Crippen molar-refractivity contribution in [3.05, 3.63) is 18.7 Å². The van der Waals surface area contributed by atoms with Gasteiger partial charge in [-0.15, -0.1) is 0 Å². The summed E-state index contributed by atoms with van der Waals surface area (Å²) in [5.41, 5.74) is 5.71. The van der Waals surface area contributed by atoms with Crippen molar-refractivity contribution in [3.63, 3.8) is 0 Å². The Morgan fingerprint density at radius 1 is 1.32 bits per heavy atom. The van der Waals surface area contributed by atoms with Crippen LogP contribution >= 0.6 is 0 Å². The van der Waals surface area contributed by atoms with Crippen LogP contribution in [0.3, 0.4) is 0 Å². The van der Waals surface area contributed by atoms with E-state index in [0.29, 0.717) is 18.4 Å². The van der Waals surface area contributed by atoms with E-state index in [4.69, 9.17) is 10.8 Å². The molecule has 0 saturated carbocycles. The summed E-state index contributed by atoms with van der Waals surface area (Å²) in [6.07, 6.45) is 5.88. The van der Waals surface area contributed by atoms with Crippen LogP contribution in [0, 0.1) is 0 Å². The van der Waals surface area contributed by atoms with E-state index in [-0.39, 0.29) is 12.6 Å². The van der Waals surface area contributed by atoms with Gasteiger partial charge in [0.05, 0.1) is 6.61 Å². The van der Waals surface area contributed by atoms with E-state index in [1.807, 2.05) is 11.8 Å². The third-order valence-electron chi connectivity index (χ3n) is 2.51. The van der Waals surface area contributed by atoms with E-state index < -0.39 is 0 Å². The van der Waals surface area contributed by atoms with Crippen LogP contribution in [0.5, 0.6) is 0 Å². The van der Waals surface area contributed by atoms with E-state index in [0.717, 1.165) is 13.0 Å². The Morgan fingerprint density at radius 3 is 2.79 bits per heavy atom. The van der Waals surface area contributed by atoms with Gasteiger partial charge >= 0.3 is 0 Å². The lowest BCUT2D eigenvalue weighted by atomic mass is 10.4. The maximum atomic E-state index is 9.09. The van der Waals surface area contributed by atoms with Crippen LogP contribution in [0.15, 0.2) is 18.7 Å². The molecule has 0 saturated heterocycles. The molecule has 8 nitrogen and oxygen atoms in total. The molecule has 0 aliphatic carbocycles. The van der Waals surface area contributed by atoms with E-state index in [1.165, 1.54) is 0 Å². The molecule has 0 unspecified atom stereocenters. The molecule has 0 radical (unpaired) electrons. The molecule has 2 aromatic rings. The Morgan fingerprint density at radius 2 is 2.16 bits per heavy atom. The standard InChI is InChI=1S/C11H17N7O/c1-2-4-17(6-7-19)10-14-9(12)15-11(16-10)18-5-3-13-8-18/h3,5,8,19H,2,4,6-7H2,1H3,(H2,12,14,15,16). The Kier molecular flexibility index (Phi) is 4.24. The SMILES string of the molecule is CCCN(CCO)c1nc(N)nc(-n2ccnc2)n1. The van der Waals surface area contributed by atoms with Crippen molar-refractivity contribution < 1.29 is 5.11 Å². The van der Waals surface area contributed by atoms with Gasteiger partial charge in [0, 0.05) is 25.5 Å². The number of nitrogens with two attached hydrogens (primary N) is 1. The third kappa shape index (κ3) is 3.16. The molecule has 0 aromatic carbocycles. The number of aromatic nitrogens is 5. The second-order valence-corrected chi connectivity index (χ2v) is 3.97. The normalized spacial score (nSPS) is 10.6. The number of aliphatic hydroxyl groups excluding tert-OH is 1. The van der Waals surface area contributed by atoms with Crippen molar-refractivity contribution in [2.45, 2.75) is 13.3 Å². The summed E-state index contributed by atoms with van der Waals surface area (Å²) in [6.45, 7) is 3.28. The first-order valence-corrected chi connectivity index (χ1v) is 6.10. The number of anilines is 2. The molecule has 19 heavy (non-hydrogen) atoms. The predicted octanol–water partition coefficient (Wildman–Crippen LogP) is -0.152. The number of nitrogen functional groups attached to an aromatic ring is 1. The number of nitrogens with zero attached hydrogens (tertiary/aromatic N) is 6. The van der Waals surface area contributed by atoms with Gasteiger partial charge < -0.3 is 15.7 Å². The van der Waals surface area contributed by atoms with Gasteiger partial charge in [0.2, 0.25) is 17.8 Å². The van der Waals surface area contributed by atoms with Crippen LogP contribution < -0.4 is 10.6 Å². The number of imidazole rings is 1. The zero-order chi connectivity index (χ0) is 13.7. The van der Waals surface area contributed by atoms with E-state index in [1.54, 1.807) is 23.3 Å². The predicted molar refractivity (Wildman–Crippen MR) is 71.0 cm³/mol. The first-order chi connectivity index (χ1) is 9.24. The molecule has 2 aromatic heterocycles. The molecule has 0 bridgehead atoms. The van der Waals surface area contributed by atoms with Crippen molar-refractivity contribution in [3.8, 4) is 5.95 Å². The van der Waals surface area contributed by atoms with Gasteiger partial charge in [-0.05, 0) is 6.42 Å². The number of aliphatic hydroxyl groups is 1. The highest BCUT2D eigenvalue weighted by molar-refractivity contribution is 5.37. The molecule has 0 aliphatic rings. The second-order valence-electron chi connectivity index (χ2n) is 3.97. The molecule has 0 atom stereocenters. The van der Waals surface area contributed by atoms with Crippen molar-refractivity contribution in [2.75, 3.05) is 30.3 Å².